The van der Waals surface area contributed by atoms with Crippen molar-refractivity contribution in [2.24, 2.45) is 29.2 Å². The minimum Gasteiger partial charge on any atom is -0.394 e. The number of rotatable bonds is 44. The lowest BCUT2D eigenvalue weighted by atomic mass is 9.97. The molecule has 0 amide bonds. The number of likely N-dealkylation sites (N-methyl/N-ethyl adjacent to an activating group) is 4. The maximum absolute atomic E-state index is 9.05. The molecule has 5 heterocycles. The maximum atomic E-state index is 9.05. The fourth-order valence-corrected chi connectivity index (χ4v) is 13.6. The fraction of sp³-hybridized carbons (Fsp3) is 1.00. The van der Waals surface area contributed by atoms with Crippen LogP contribution in [-0.4, -0.2) is 379 Å². The molecule has 0 aromatic heterocycles. The van der Waals surface area contributed by atoms with Gasteiger partial charge in [0.05, 0.1) is 125 Å². The molecule has 0 saturated carbocycles. The third-order valence-corrected chi connectivity index (χ3v) is 22.3. The zero-order chi connectivity index (χ0) is 93.1. The highest BCUT2D eigenvalue weighted by Gasteiger charge is 2.28. The second-order valence-electron chi connectivity index (χ2n) is 39.7. The Morgan fingerprint density at radius 1 is 0.317 bits per heavy atom. The van der Waals surface area contributed by atoms with Gasteiger partial charge in [-0.05, 0) is 366 Å². The van der Waals surface area contributed by atoms with Gasteiger partial charge in [-0.1, -0.05) is 0 Å². The predicted octanol–water partition coefficient (Wildman–Crippen LogP) is 15.4. The Kier molecular flexibility index (Phi) is 78.2. The highest BCUT2D eigenvalue weighted by Crippen LogP contribution is 2.24. The summed E-state index contributed by atoms with van der Waals surface area (Å²) in [5.41, 5.74) is 11.2. The van der Waals surface area contributed by atoms with E-state index in [1.807, 2.05) is 69.5 Å². The number of nitrogens with zero attached hydrogens (tertiary/aromatic N) is 9. The molecular weight excluding hydrogens is 1510 g/mol. The number of hydrogen-bond acceptors (Lipinski definition) is 23. The molecule has 0 aromatic carbocycles. The molecule has 3 unspecified atom stereocenters. The van der Waals surface area contributed by atoms with Crippen LogP contribution in [0.15, 0.2) is 0 Å². The van der Waals surface area contributed by atoms with Crippen molar-refractivity contribution in [3.8, 4) is 0 Å². The first-order chi connectivity index (χ1) is 55.8. The van der Waals surface area contributed by atoms with Gasteiger partial charge in [0.15, 0.2) is 0 Å². The van der Waals surface area contributed by atoms with Crippen molar-refractivity contribution in [1.29, 1.82) is 0 Å². The van der Waals surface area contributed by atoms with Crippen LogP contribution >= 0.6 is 0 Å². The zero-order valence-corrected chi connectivity index (χ0v) is 87.0. The van der Waals surface area contributed by atoms with Gasteiger partial charge >= 0.3 is 0 Å². The standard InChI is InChI=1S/2C12H25NO.C11H23NO2.2C11H23NO.2C10H24N2O.2C10H23NO2/c1-10(2)13-7-5-12(9-13)6-8-14-11(3)4;1-10(2)13-7-5-12(6-8-13)9-14-11(3)4;1-9(2)12-5-6-13-11(7-12)8-14-10(3)4;1-9(2)12-7-5-11(6-8-12)13-10(3)4;1-9(2)12-6-5-11(7-12)8-13-10(3)4;2*1-8(2)12(5)7-10(6-11)13-9(3)4;2*1-8(2)11(5)6-10(7-12)13-9(3)4/h2*10-12H,5-9H2,1-4H3;9-11H,5-8H2,1-4H3;2*9-11H,5-8H2,1-4H3;2*8-10H,6-7,11H2,1-5H3;2*8-10,12H,6-7H2,1-5H3/t;;;;;4*10-/m.....1010/s1. The van der Waals surface area contributed by atoms with Gasteiger partial charge in [-0.2, -0.15) is 0 Å². The summed E-state index contributed by atoms with van der Waals surface area (Å²) in [5, 5.41) is 18.1. The number of aliphatic hydroxyl groups excluding tert-OH is 2. The maximum Gasteiger partial charge on any atom is 0.0935 e. The third-order valence-electron chi connectivity index (χ3n) is 22.3. The first kappa shape index (κ1) is 125. The van der Waals surface area contributed by atoms with Crippen LogP contribution in [0.25, 0.3) is 0 Å². The lowest BCUT2D eigenvalue weighted by Crippen LogP contribution is -2.47. The summed E-state index contributed by atoms with van der Waals surface area (Å²) in [5.74, 6) is 2.44. The Labute approximate surface area is 746 Å². The van der Waals surface area contributed by atoms with E-state index in [-0.39, 0.29) is 68.1 Å². The summed E-state index contributed by atoms with van der Waals surface area (Å²) in [4.78, 5) is 21.5. The number of nitrogens with two attached hydrogens (primary N) is 2. The Morgan fingerprint density at radius 2 is 0.600 bits per heavy atom. The van der Waals surface area contributed by atoms with Crippen LogP contribution in [0.4, 0.5) is 0 Å². The largest absolute Gasteiger partial charge is 0.394 e. The summed E-state index contributed by atoms with van der Waals surface area (Å²) >= 11 is 0. The Hall–Kier alpha value is -0.920. The van der Waals surface area contributed by atoms with Crippen molar-refractivity contribution in [1.82, 2.24) is 44.1 Å². The quantitative estimate of drug-likeness (QED) is 0.0446. The van der Waals surface area contributed by atoms with Crippen LogP contribution in [0.3, 0.4) is 0 Å². The Balaban J connectivity index is -0.000000631. The van der Waals surface area contributed by atoms with Crippen LogP contribution in [-0.2, 0) is 47.4 Å². The predicted molar refractivity (Wildman–Crippen MR) is 514 cm³/mol. The van der Waals surface area contributed by atoms with E-state index < -0.39 is 0 Å². The van der Waals surface area contributed by atoms with Gasteiger partial charge < -0.3 is 108 Å². The fourth-order valence-electron chi connectivity index (χ4n) is 13.6. The Morgan fingerprint density at radius 3 is 0.900 bits per heavy atom. The summed E-state index contributed by atoms with van der Waals surface area (Å²) in [6.07, 6.45) is 12.6. The second-order valence-corrected chi connectivity index (χ2v) is 39.7. The van der Waals surface area contributed by atoms with E-state index in [1.165, 1.54) is 97.3 Å². The number of ether oxygens (including phenoxy) is 10. The highest BCUT2D eigenvalue weighted by molar-refractivity contribution is 4.81. The first-order valence-electron chi connectivity index (χ1n) is 48.3. The van der Waals surface area contributed by atoms with E-state index in [2.05, 4.69) is 252 Å². The molecule has 5 aliphatic heterocycles. The van der Waals surface area contributed by atoms with Gasteiger partial charge in [0.1, 0.15) is 0 Å². The molecule has 728 valence electrons. The highest BCUT2D eigenvalue weighted by atomic mass is 16.5. The van der Waals surface area contributed by atoms with Crippen LogP contribution in [0.5, 0.6) is 0 Å². The van der Waals surface area contributed by atoms with Crippen molar-refractivity contribution < 1.29 is 57.6 Å². The van der Waals surface area contributed by atoms with Gasteiger partial charge in [0.2, 0.25) is 0 Å². The van der Waals surface area contributed by atoms with Crippen LogP contribution in [0.1, 0.15) is 294 Å². The summed E-state index contributed by atoms with van der Waals surface area (Å²) in [6.45, 7) is 98.1. The molecule has 0 aromatic rings. The Bertz CT molecular complexity index is 2060. The monoisotopic (exact) mass is 1720 g/mol. The van der Waals surface area contributed by atoms with Crippen molar-refractivity contribution >= 4 is 0 Å². The zero-order valence-electron chi connectivity index (χ0n) is 87.0. The third kappa shape index (κ3) is 71.9. The van der Waals surface area contributed by atoms with Crippen LogP contribution in [0.2, 0.25) is 0 Å². The number of piperidine rings is 2. The molecule has 0 spiro atoms. The molecule has 5 saturated heterocycles. The minimum atomic E-state index is -0.0626. The molecule has 0 bridgehead atoms. The van der Waals surface area contributed by atoms with E-state index >= 15 is 0 Å². The molecule has 23 heteroatoms. The molecular formula is C97H213N11O12. The van der Waals surface area contributed by atoms with Crippen molar-refractivity contribution in [2.75, 3.05) is 179 Å². The number of morpholine rings is 1. The molecule has 6 N–H and O–H groups in total. The average Bonchev–Trinajstić information content (AvgIpc) is 1.91. The van der Waals surface area contributed by atoms with Gasteiger partial charge in [-0.15, -0.1) is 0 Å². The van der Waals surface area contributed by atoms with Crippen molar-refractivity contribution in [3.63, 3.8) is 0 Å². The van der Waals surface area contributed by atoms with Gasteiger partial charge in [-0.3, -0.25) is 4.90 Å². The van der Waals surface area contributed by atoms with E-state index in [4.69, 9.17) is 69.0 Å². The SMILES string of the molecule is CC(C)OC1CCN(C(C)C)CC1.CC(C)OCC1CCN(C(C)C)C1.CC(C)OCC1CCN(C(C)C)CC1.CC(C)OCC1CN(C(C)C)CCO1.CC(C)OCCC1CCN(C(C)C)C1.CC(C)O[C@@H](CN)CN(C)C(C)C.CC(C)O[C@@H](CO)CN(C)C(C)C.CC(C)O[C@H](CN)CN(C)C(C)C.CC(C)O[C@H](CO)CN(C)C(C)C. The van der Waals surface area contributed by atoms with E-state index in [0.717, 1.165) is 90.1 Å². The molecule has 120 heavy (non-hydrogen) atoms. The minimum absolute atomic E-state index is 0.0626. The molecule has 23 nitrogen and oxygen atoms in total. The first-order valence-corrected chi connectivity index (χ1v) is 48.3. The topological polar surface area (TPSA) is 214 Å². The molecule has 0 aliphatic carbocycles. The second kappa shape index (κ2) is 74.8. The molecule has 5 aliphatic rings. The van der Waals surface area contributed by atoms with E-state index in [1.54, 1.807) is 0 Å². The van der Waals surface area contributed by atoms with Gasteiger partial charge in [-0.25, -0.2) is 0 Å². The van der Waals surface area contributed by atoms with Crippen LogP contribution < -0.4 is 11.5 Å². The van der Waals surface area contributed by atoms with E-state index in [9.17, 15) is 0 Å². The van der Waals surface area contributed by atoms with E-state index in [0.29, 0.717) is 104 Å². The van der Waals surface area contributed by atoms with Crippen molar-refractivity contribution in [2.45, 2.75) is 440 Å². The summed E-state index contributed by atoms with van der Waals surface area (Å²) < 4.78 is 56.2. The van der Waals surface area contributed by atoms with Gasteiger partial charge in [0, 0.05) is 146 Å². The molecule has 5 rings (SSSR count). The average molecular weight is 1730 g/mol. The number of hydrogen-bond donors (Lipinski definition) is 4. The molecule has 0 radical (unpaired) electrons. The van der Waals surface area contributed by atoms with Gasteiger partial charge in [0.25, 0.3) is 0 Å². The molecule has 5 fully saturated rings. The number of aliphatic hydroxyl groups is 2. The lowest BCUT2D eigenvalue weighted by molar-refractivity contribution is -0.0855. The molecule has 7 atom stereocenters. The van der Waals surface area contributed by atoms with Crippen LogP contribution in [0, 0.1) is 17.8 Å². The normalized spacial score (nSPS) is 19.5. The lowest BCUT2D eigenvalue weighted by Gasteiger charge is -2.35. The summed E-state index contributed by atoms with van der Waals surface area (Å²) in [7, 11) is 8.27. The number of likely N-dealkylation sites (tertiary alicyclic amines) is 4. The van der Waals surface area contributed by atoms with Crippen molar-refractivity contribution in [3.05, 3.63) is 0 Å². The summed E-state index contributed by atoms with van der Waals surface area (Å²) in [6, 6.07) is 5.50. The smallest absolute Gasteiger partial charge is 0.0935 e.